The Bertz CT molecular complexity index is 126. The Kier molecular flexibility index (Phi) is 1.36. The first-order valence-corrected chi connectivity index (χ1v) is 2.56. The molecule has 0 radical (unpaired) electrons. The molecule has 0 N–H and O–H groups in total. The normalized spacial score (nSPS) is 9.29. The highest BCUT2D eigenvalue weighted by Gasteiger charge is 1.86. The van der Waals surface area contributed by atoms with Crippen molar-refractivity contribution in [3.8, 4) is 0 Å². The highest BCUT2D eigenvalue weighted by molar-refractivity contribution is 7.79. The maximum Gasteiger partial charge on any atom is 0.127 e. The Morgan fingerprint density at radius 2 is 2.71 bits per heavy atom. The summed E-state index contributed by atoms with van der Waals surface area (Å²) in [7, 11) is 0. The molecule has 0 spiro atoms. The predicted octanol–water partition coefficient (Wildman–Crippen LogP) is 1.10. The number of nitrogens with zero attached hydrogens (tertiary/aromatic N) is 1. The highest BCUT2D eigenvalue weighted by atomic mass is 32.1. The number of thiol groups is 1. The van der Waals surface area contributed by atoms with E-state index in [4.69, 9.17) is 0 Å². The third kappa shape index (κ3) is 0.962. The van der Waals surface area contributed by atoms with Gasteiger partial charge in [0.25, 0.3) is 0 Å². The average molecular weight is 115 g/mol. The molecule has 0 saturated carbocycles. The fourth-order valence-electron chi connectivity index (χ4n) is 0.305. The van der Waals surface area contributed by atoms with Crippen LogP contribution >= 0.6 is 12.6 Å². The van der Waals surface area contributed by atoms with Crippen LogP contribution in [0.15, 0.2) is 17.0 Å². The fraction of sp³-hybridized carbons (Fsp3) is 0.250. The molecule has 0 atom stereocenters. The van der Waals surface area contributed by atoms with E-state index < -0.39 is 0 Å². The summed E-state index contributed by atoms with van der Waals surface area (Å²) >= 11 is 3.98. The van der Waals surface area contributed by atoms with Gasteiger partial charge in [0.2, 0.25) is 0 Å². The number of hydrogen-bond acceptors (Lipinski definition) is 3. The van der Waals surface area contributed by atoms with Gasteiger partial charge >= 0.3 is 0 Å². The van der Waals surface area contributed by atoms with Crippen LogP contribution in [0.25, 0.3) is 0 Å². The molecular weight excluding hydrogens is 110 g/mol. The molecule has 0 fully saturated rings. The Balaban J connectivity index is 2.76. The molecule has 3 heteroatoms. The Morgan fingerprint density at radius 3 is 3.00 bits per heavy atom. The average Bonchev–Trinajstić information content (AvgIpc) is 2.14. The van der Waals surface area contributed by atoms with Crippen molar-refractivity contribution in [1.82, 2.24) is 5.16 Å². The van der Waals surface area contributed by atoms with Crippen LogP contribution in [0.5, 0.6) is 0 Å². The van der Waals surface area contributed by atoms with E-state index in [1.165, 1.54) is 0 Å². The van der Waals surface area contributed by atoms with Crippen LogP contribution in [0.1, 0.15) is 5.56 Å². The van der Waals surface area contributed by atoms with Crippen LogP contribution in [0.4, 0.5) is 0 Å². The van der Waals surface area contributed by atoms with Gasteiger partial charge in [-0.25, -0.2) is 0 Å². The summed E-state index contributed by atoms with van der Waals surface area (Å²) in [5, 5.41) is 3.47. The van der Waals surface area contributed by atoms with Crippen molar-refractivity contribution in [2.75, 3.05) is 0 Å². The second kappa shape index (κ2) is 2.02. The molecule has 1 rings (SSSR count). The summed E-state index contributed by atoms with van der Waals surface area (Å²) in [6, 6.07) is 0. The molecule has 0 aliphatic heterocycles. The van der Waals surface area contributed by atoms with E-state index in [1.54, 1.807) is 12.5 Å². The van der Waals surface area contributed by atoms with Crippen LogP contribution in [0.3, 0.4) is 0 Å². The largest absolute Gasteiger partial charge is 0.364 e. The Labute approximate surface area is 46.9 Å². The van der Waals surface area contributed by atoms with Crippen molar-refractivity contribution in [3.63, 3.8) is 0 Å². The van der Waals surface area contributed by atoms with Gasteiger partial charge in [0.1, 0.15) is 6.26 Å². The SMILES string of the molecule is SCc1cnoc1. The molecule has 0 bridgehead atoms. The molecule has 7 heavy (non-hydrogen) atoms. The zero-order valence-electron chi connectivity index (χ0n) is 3.66. The minimum atomic E-state index is 0.698. The lowest BCUT2D eigenvalue weighted by Gasteiger charge is -1.74. The number of aromatic nitrogens is 1. The molecule has 0 amide bonds. The predicted molar refractivity (Wildman–Crippen MR) is 29.2 cm³/mol. The molecule has 1 aromatic rings. The van der Waals surface area contributed by atoms with Crippen molar-refractivity contribution >= 4 is 12.6 Å². The van der Waals surface area contributed by atoms with Crippen LogP contribution in [-0.4, -0.2) is 5.16 Å². The lowest BCUT2D eigenvalue weighted by molar-refractivity contribution is 0.419. The van der Waals surface area contributed by atoms with Crippen LogP contribution < -0.4 is 0 Å². The summed E-state index contributed by atoms with van der Waals surface area (Å²) in [5.74, 6) is 0.698. The monoisotopic (exact) mass is 115 g/mol. The maximum absolute atomic E-state index is 4.51. The molecule has 0 saturated heterocycles. The second-order valence-electron chi connectivity index (χ2n) is 1.19. The van der Waals surface area contributed by atoms with Gasteiger partial charge in [-0.05, 0) is 0 Å². The minimum Gasteiger partial charge on any atom is -0.364 e. The molecule has 0 unspecified atom stereocenters. The Hall–Kier alpha value is -0.440. The summed E-state index contributed by atoms with van der Waals surface area (Å²) in [4.78, 5) is 0. The number of rotatable bonds is 1. The highest BCUT2D eigenvalue weighted by Crippen LogP contribution is 1.98. The molecule has 0 aliphatic carbocycles. The van der Waals surface area contributed by atoms with E-state index in [0.29, 0.717) is 5.75 Å². The van der Waals surface area contributed by atoms with E-state index in [0.717, 1.165) is 5.56 Å². The first-order chi connectivity index (χ1) is 3.43. The first kappa shape index (κ1) is 4.71. The molecule has 2 nitrogen and oxygen atoms in total. The van der Waals surface area contributed by atoms with Crippen LogP contribution in [0, 0.1) is 0 Å². The van der Waals surface area contributed by atoms with Gasteiger partial charge in [-0.1, -0.05) is 5.16 Å². The van der Waals surface area contributed by atoms with Crippen LogP contribution in [0.2, 0.25) is 0 Å². The maximum atomic E-state index is 4.51. The van der Waals surface area contributed by atoms with Gasteiger partial charge < -0.3 is 4.52 Å². The van der Waals surface area contributed by atoms with Crippen molar-refractivity contribution in [3.05, 3.63) is 18.0 Å². The number of hydrogen-bond donors (Lipinski definition) is 1. The molecule has 0 aromatic carbocycles. The fourth-order valence-corrected chi connectivity index (χ4v) is 0.461. The smallest absolute Gasteiger partial charge is 0.127 e. The molecular formula is C4H5NOS. The zero-order chi connectivity index (χ0) is 5.11. The lowest BCUT2D eigenvalue weighted by atomic mass is 10.4. The van der Waals surface area contributed by atoms with Gasteiger partial charge in [-0.2, -0.15) is 12.6 Å². The van der Waals surface area contributed by atoms with Crippen molar-refractivity contribution in [2.24, 2.45) is 0 Å². The van der Waals surface area contributed by atoms with Crippen molar-refractivity contribution in [1.29, 1.82) is 0 Å². The summed E-state index contributed by atoms with van der Waals surface area (Å²) in [5.41, 5.74) is 1.02. The van der Waals surface area contributed by atoms with E-state index in [-0.39, 0.29) is 0 Å². The van der Waals surface area contributed by atoms with Gasteiger partial charge in [-0.15, -0.1) is 0 Å². The van der Waals surface area contributed by atoms with E-state index in [1.807, 2.05) is 0 Å². The van der Waals surface area contributed by atoms with E-state index >= 15 is 0 Å². The van der Waals surface area contributed by atoms with Gasteiger partial charge in [0.15, 0.2) is 0 Å². The van der Waals surface area contributed by atoms with E-state index in [9.17, 15) is 0 Å². The third-order valence-electron chi connectivity index (χ3n) is 0.666. The second-order valence-corrected chi connectivity index (χ2v) is 1.51. The third-order valence-corrected chi connectivity index (χ3v) is 1.03. The van der Waals surface area contributed by atoms with Gasteiger partial charge in [0, 0.05) is 11.3 Å². The molecule has 1 heterocycles. The topological polar surface area (TPSA) is 26.0 Å². The van der Waals surface area contributed by atoms with Crippen LogP contribution in [-0.2, 0) is 5.75 Å². The van der Waals surface area contributed by atoms with Gasteiger partial charge in [0.05, 0.1) is 6.20 Å². The Morgan fingerprint density at radius 1 is 1.86 bits per heavy atom. The quantitative estimate of drug-likeness (QED) is 0.555. The van der Waals surface area contributed by atoms with Crippen molar-refractivity contribution < 1.29 is 4.52 Å². The molecule has 0 aliphatic rings. The summed E-state index contributed by atoms with van der Waals surface area (Å²) in [6.07, 6.45) is 3.22. The standard InChI is InChI=1S/C4H5NOS/c7-3-4-1-5-6-2-4/h1-2,7H,3H2. The molecule has 38 valence electrons. The zero-order valence-corrected chi connectivity index (χ0v) is 4.56. The summed E-state index contributed by atoms with van der Waals surface area (Å²) < 4.78 is 4.51. The summed E-state index contributed by atoms with van der Waals surface area (Å²) in [6.45, 7) is 0. The minimum absolute atomic E-state index is 0.698. The van der Waals surface area contributed by atoms with Crippen molar-refractivity contribution in [2.45, 2.75) is 5.75 Å². The van der Waals surface area contributed by atoms with Gasteiger partial charge in [-0.3, -0.25) is 0 Å². The lowest BCUT2D eigenvalue weighted by Crippen LogP contribution is -1.63. The molecule has 1 aromatic heterocycles. The first-order valence-electron chi connectivity index (χ1n) is 1.92. The van der Waals surface area contributed by atoms with E-state index in [2.05, 4.69) is 22.3 Å².